The third-order valence-corrected chi connectivity index (χ3v) is 6.07. The van der Waals surface area contributed by atoms with Crippen LogP contribution in [0.15, 0.2) is 35.4 Å². The van der Waals surface area contributed by atoms with Crippen LogP contribution in [0.3, 0.4) is 0 Å². The molecular weight excluding hydrogens is 404 g/mol. The van der Waals surface area contributed by atoms with Gasteiger partial charge in [-0.05, 0) is 30.7 Å². The molecule has 4 heterocycles. The second-order valence-electron chi connectivity index (χ2n) is 7.17. The number of hydrogen-bond acceptors (Lipinski definition) is 7. The van der Waals surface area contributed by atoms with Crippen LogP contribution in [0.25, 0.3) is 21.3 Å². The van der Waals surface area contributed by atoms with Crippen LogP contribution >= 0.6 is 11.3 Å². The molecule has 0 spiro atoms. The van der Waals surface area contributed by atoms with Gasteiger partial charge in [0.1, 0.15) is 23.5 Å². The Balaban J connectivity index is 1.44. The van der Waals surface area contributed by atoms with Gasteiger partial charge in [-0.1, -0.05) is 18.3 Å². The number of rotatable bonds is 4. The third-order valence-electron chi connectivity index (χ3n) is 5.22. The van der Waals surface area contributed by atoms with Crippen molar-refractivity contribution in [1.29, 1.82) is 0 Å². The van der Waals surface area contributed by atoms with Gasteiger partial charge in [0.05, 0.1) is 28.3 Å². The molecule has 1 aromatic carbocycles. The topological polar surface area (TPSA) is 116 Å². The molecule has 5 rings (SSSR count). The largest absolute Gasteiger partial charge is 0.375 e. The van der Waals surface area contributed by atoms with E-state index in [2.05, 4.69) is 32.2 Å². The Morgan fingerprint density at radius 3 is 3.10 bits per heavy atom. The molecule has 4 aromatic rings. The van der Waals surface area contributed by atoms with E-state index in [0.29, 0.717) is 36.9 Å². The highest BCUT2D eigenvalue weighted by molar-refractivity contribution is 7.16. The van der Waals surface area contributed by atoms with Gasteiger partial charge in [0.25, 0.3) is 5.91 Å². The molecule has 154 valence electrons. The Bertz CT molecular complexity index is 1290. The highest BCUT2D eigenvalue weighted by Crippen LogP contribution is 2.27. The first-order valence-corrected chi connectivity index (χ1v) is 10.6. The number of amides is 1. The first-order chi connectivity index (χ1) is 14.6. The fourth-order valence-electron chi connectivity index (χ4n) is 3.64. The van der Waals surface area contributed by atoms with E-state index in [1.165, 1.54) is 6.33 Å². The fraction of sp³-hybridized carbons (Fsp3) is 0.300. The predicted octanol–water partition coefficient (Wildman–Crippen LogP) is 2.86. The van der Waals surface area contributed by atoms with Crippen molar-refractivity contribution in [3.8, 4) is 0 Å². The Morgan fingerprint density at radius 2 is 2.23 bits per heavy atom. The van der Waals surface area contributed by atoms with Crippen LogP contribution in [0.2, 0.25) is 0 Å². The number of morpholine rings is 1. The number of ether oxygens (including phenoxy) is 1. The second kappa shape index (κ2) is 7.54. The van der Waals surface area contributed by atoms with E-state index in [1.807, 2.05) is 23.1 Å². The maximum atomic E-state index is 13.0. The molecule has 1 amide bonds. The van der Waals surface area contributed by atoms with Crippen molar-refractivity contribution in [2.75, 3.05) is 25.0 Å². The molecule has 0 saturated carbocycles. The molecule has 1 aliphatic heterocycles. The van der Waals surface area contributed by atoms with Gasteiger partial charge in [-0.25, -0.2) is 9.97 Å². The van der Waals surface area contributed by atoms with Crippen molar-refractivity contribution in [3.63, 3.8) is 0 Å². The molecule has 3 N–H and O–H groups in total. The third kappa shape index (κ3) is 3.44. The van der Waals surface area contributed by atoms with Crippen LogP contribution in [0.4, 0.5) is 11.5 Å². The molecule has 1 aliphatic rings. The van der Waals surface area contributed by atoms with Crippen molar-refractivity contribution in [1.82, 2.24) is 24.8 Å². The van der Waals surface area contributed by atoms with E-state index in [-0.39, 0.29) is 16.9 Å². The zero-order valence-corrected chi connectivity index (χ0v) is 17.1. The summed E-state index contributed by atoms with van der Waals surface area (Å²) in [5.41, 5.74) is 2.66. The highest BCUT2D eigenvalue weighted by atomic mass is 32.1. The molecule has 1 saturated heterocycles. The van der Waals surface area contributed by atoms with E-state index in [9.17, 15) is 9.59 Å². The summed E-state index contributed by atoms with van der Waals surface area (Å²) in [6.07, 6.45) is 2.39. The van der Waals surface area contributed by atoms with Gasteiger partial charge < -0.3 is 24.9 Å². The van der Waals surface area contributed by atoms with Crippen molar-refractivity contribution < 1.29 is 9.53 Å². The van der Waals surface area contributed by atoms with Gasteiger partial charge in [-0.3, -0.25) is 9.59 Å². The number of nitrogens with zero attached hydrogens (tertiary/aromatic N) is 3. The average Bonchev–Trinajstić information content (AvgIpc) is 3.36. The lowest BCUT2D eigenvalue weighted by Crippen LogP contribution is -2.45. The summed E-state index contributed by atoms with van der Waals surface area (Å²) in [7, 11) is 0. The summed E-state index contributed by atoms with van der Waals surface area (Å²) in [6, 6.07) is 7.39. The minimum Gasteiger partial charge on any atom is -0.375 e. The standard InChI is InChI=1S/C20H20N6O3S/c1-2-12-9-26(5-6-29-12)19(27)15-8-13-17(21-10-22-18(13)24-15)23-11-3-4-14-16(7-11)30-20(28)25-14/h3-4,7-8,10,12H,2,5-6,9H2,1H3,(H,25,28)(H2,21,22,23,24)/t12-/m1/s1. The molecule has 3 aromatic heterocycles. The van der Waals surface area contributed by atoms with Crippen LogP contribution in [0, 0.1) is 0 Å². The van der Waals surface area contributed by atoms with Gasteiger partial charge in [0, 0.05) is 18.8 Å². The molecule has 0 aliphatic carbocycles. The zero-order valence-electron chi connectivity index (χ0n) is 16.3. The average molecular weight is 424 g/mol. The molecule has 9 nitrogen and oxygen atoms in total. The lowest BCUT2D eigenvalue weighted by atomic mass is 10.2. The number of benzene rings is 1. The molecule has 30 heavy (non-hydrogen) atoms. The SMILES string of the molecule is CC[C@@H]1CN(C(=O)c2cc3c(Nc4ccc5[nH]c(=O)sc5c4)ncnc3[nH]2)CCO1. The number of thiazole rings is 1. The first-order valence-electron chi connectivity index (χ1n) is 9.75. The van der Waals surface area contributed by atoms with E-state index in [4.69, 9.17) is 4.74 Å². The fourth-order valence-corrected chi connectivity index (χ4v) is 4.41. The summed E-state index contributed by atoms with van der Waals surface area (Å²) in [4.78, 5) is 40.8. The summed E-state index contributed by atoms with van der Waals surface area (Å²) in [6.45, 7) is 3.76. The van der Waals surface area contributed by atoms with Crippen LogP contribution in [0.1, 0.15) is 23.8 Å². The van der Waals surface area contributed by atoms with Gasteiger partial charge in [0.15, 0.2) is 0 Å². The molecule has 1 fully saturated rings. The lowest BCUT2D eigenvalue weighted by molar-refractivity contribution is -0.0227. The maximum absolute atomic E-state index is 13.0. The van der Waals surface area contributed by atoms with Crippen molar-refractivity contribution in [2.24, 2.45) is 0 Å². The zero-order chi connectivity index (χ0) is 20.7. The van der Waals surface area contributed by atoms with E-state index in [0.717, 1.165) is 39.0 Å². The number of aromatic amines is 2. The number of H-pyrrole nitrogens is 2. The van der Waals surface area contributed by atoms with Crippen molar-refractivity contribution in [2.45, 2.75) is 19.4 Å². The van der Waals surface area contributed by atoms with Crippen LogP contribution < -0.4 is 10.2 Å². The van der Waals surface area contributed by atoms with Gasteiger partial charge >= 0.3 is 4.87 Å². The number of fused-ring (bicyclic) bond motifs is 2. The number of nitrogens with one attached hydrogen (secondary N) is 3. The highest BCUT2D eigenvalue weighted by Gasteiger charge is 2.25. The van der Waals surface area contributed by atoms with Crippen LogP contribution in [-0.2, 0) is 4.74 Å². The van der Waals surface area contributed by atoms with E-state index in [1.54, 1.807) is 6.07 Å². The van der Waals surface area contributed by atoms with Gasteiger partial charge in [0.2, 0.25) is 0 Å². The maximum Gasteiger partial charge on any atom is 0.305 e. The first kappa shape index (κ1) is 18.8. The lowest BCUT2D eigenvalue weighted by Gasteiger charge is -2.32. The molecule has 1 atom stereocenters. The minimum atomic E-state index is -0.0891. The quantitative estimate of drug-likeness (QED) is 0.464. The number of carbonyl (C=O) groups is 1. The molecular formula is C20H20N6O3S. The van der Waals surface area contributed by atoms with Crippen LogP contribution in [-0.4, -0.2) is 56.5 Å². The van der Waals surface area contributed by atoms with Gasteiger partial charge in [-0.2, -0.15) is 0 Å². The second-order valence-corrected chi connectivity index (χ2v) is 8.18. The normalized spacial score (nSPS) is 17.0. The number of aromatic nitrogens is 4. The Kier molecular flexibility index (Phi) is 4.72. The molecule has 0 unspecified atom stereocenters. The molecule has 0 radical (unpaired) electrons. The number of carbonyl (C=O) groups excluding carboxylic acids is 1. The van der Waals surface area contributed by atoms with Crippen molar-refractivity contribution in [3.05, 3.63) is 46.0 Å². The number of hydrogen-bond donors (Lipinski definition) is 3. The monoisotopic (exact) mass is 424 g/mol. The Hall–Kier alpha value is -3.24. The predicted molar refractivity (Wildman–Crippen MR) is 116 cm³/mol. The molecule has 10 heteroatoms. The van der Waals surface area contributed by atoms with E-state index < -0.39 is 0 Å². The van der Waals surface area contributed by atoms with Gasteiger partial charge in [-0.15, -0.1) is 0 Å². The summed E-state index contributed by atoms with van der Waals surface area (Å²) in [5.74, 6) is 0.519. The minimum absolute atomic E-state index is 0.0702. The Morgan fingerprint density at radius 1 is 1.33 bits per heavy atom. The number of anilines is 2. The summed E-state index contributed by atoms with van der Waals surface area (Å²) in [5, 5.41) is 4.00. The molecule has 0 bridgehead atoms. The van der Waals surface area contributed by atoms with Crippen molar-refractivity contribution >= 4 is 50.0 Å². The van der Waals surface area contributed by atoms with E-state index >= 15 is 0 Å². The smallest absolute Gasteiger partial charge is 0.305 e. The summed E-state index contributed by atoms with van der Waals surface area (Å²) < 4.78 is 6.52. The Labute approximate surface area is 175 Å². The van der Waals surface area contributed by atoms with Crippen LogP contribution in [0.5, 0.6) is 0 Å². The summed E-state index contributed by atoms with van der Waals surface area (Å²) >= 11 is 1.16.